The molecular formula is C15H33Cl2N3O3. The van der Waals surface area contributed by atoms with Crippen molar-refractivity contribution in [1.29, 1.82) is 0 Å². The third-order valence-electron chi connectivity index (χ3n) is 4.15. The molecule has 1 fully saturated rings. The summed E-state index contributed by atoms with van der Waals surface area (Å²) >= 11 is 0. The average molecular weight is 374 g/mol. The molecule has 6 nitrogen and oxygen atoms in total. The molecule has 0 aliphatic carbocycles. The van der Waals surface area contributed by atoms with E-state index < -0.39 is 0 Å². The third-order valence-corrected chi connectivity index (χ3v) is 4.15. The maximum atomic E-state index is 12.1. The monoisotopic (exact) mass is 373 g/mol. The number of carbonyl (C=O) groups is 1. The van der Waals surface area contributed by atoms with Gasteiger partial charge in [-0.15, -0.1) is 24.8 Å². The lowest BCUT2D eigenvalue weighted by Crippen LogP contribution is -2.35. The number of hydrogen-bond donors (Lipinski definition) is 1. The SMILES string of the molecule is CCN(CC)CCOC1CCN(C(=O)CC(CN)OC)C1.Cl.Cl. The molecule has 0 spiro atoms. The quantitative estimate of drug-likeness (QED) is 0.622. The van der Waals surface area contributed by atoms with Crippen molar-refractivity contribution >= 4 is 30.7 Å². The maximum Gasteiger partial charge on any atom is 0.225 e. The summed E-state index contributed by atoms with van der Waals surface area (Å²) in [5.41, 5.74) is 5.55. The molecule has 8 heteroatoms. The number of hydrogen-bond acceptors (Lipinski definition) is 5. The van der Waals surface area contributed by atoms with Gasteiger partial charge >= 0.3 is 0 Å². The Balaban J connectivity index is 0. The lowest BCUT2D eigenvalue weighted by Gasteiger charge is -2.21. The van der Waals surface area contributed by atoms with E-state index >= 15 is 0 Å². The van der Waals surface area contributed by atoms with E-state index in [1.165, 1.54) is 0 Å². The van der Waals surface area contributed by atoms with Crippen LogP contribution in [0.1, 0.15) is 26.7 Å². The first-order valence-corrected chi connectivity index (χ1v) is 7.99. The van der Waals surface area contributed by atoms with Crippen LogP contribution in [0.5, 0.6) is 0 Å². The highest BCUT2D eigenvalue weighted by Gasteiger charge is 2.27. The van der Waals surface area contributed by atoms with Crippen molar-refractivity contribution < 1.29 is 14.3 Å². The minimum Gasteiger partial charge on any atom is -0.380 e. The summed E-state index contributed by atoms with van der Waals surface area (Å²) in [6.45, 7) is 9.94. The van der Waals surface area contributed by atoms with Crippen LogP contribution < -0.4 is 5.73 Å². The highest BCUT2D eigenvalue weighted by atomic mass is 35.5. The van der Waals surface area contributed by atoms with Crippen LogP contribution in [0.4, 0.5) is 0 Å². The zero-order valence-electron chi connectivity index (χ0n) is 14.5. The van der Waals surface area contributed by atoms with Gasteiger partial charge in [0, 0.05) is 33.3 Å². The topological polar surface area (TPSA) is 68.0 Å². The van der Waals surface area contributed by atoms with Crippen LogP contribution >= 0.6 is 24.8 Å². The van der Waals surface area contributed by atoms with Gasteiger partial charge in [-0.05, 0) is 19.5 Å². The van der Waals surface area contributed by atoms with Crippen LogP contribution in [0.25, 0.3) is 0 Å². The molecule has 23 heavy (non-hydrogen) atoms. The zero-order valence-corrected chi connectivity index (χ0v) is 16.2. The van der Waals surface area contributed by atoms with Gasteiger partial charge in [0.2, 0.25) is 5.91 Å². The molecule has 1 heterocycles. The van der Waals surface area contributed by atoms with Gasteiger partial charge in [-0.3, -0.25) is 4.79 Å². The second kappa shape index (κ2) is 14.3. The normalized spacial score (nSPS) is 18.5. The van der Waals surface area contributed by atoms with Gasteiger partial charge in [0.1, 0.15) is 0 Å². The second-order valence-corrected chi connectivity index (χ2v) is 5.45. The van der Waals surface area contributed by atoms with Gasteiger partial charge in [-0.1, -0.05) is 13.8 Å². The molecule has 2 N–H and O–H groups in total. The lowest BCUT2D eigenvalue weighted by atomic mass is 10.2. The summed E-state index contributed by atoms with van der Waals surface area (Å²) in [7, 11) is 1.59. The molecule has 1 rings (SSSR count). The summed E-state index contributed by atoms with van der Waals surface area (Å²) in [6.07, 6.45) is 1.27. The molecule has 0 radical (unpaired) electrons. The highest BCUT2D eigenvalue weighted by Crippen LogP contribution is 2.14. The number of likely N-dealkylation sites (N-methyl/N-ethyl adjacent to an activating group) is 1. The van der Waals surface area contributed by atoms with E-state index in [0.29, 0.717) is 19.5 Å². The lowest BCUT2D eigenvalue weighted by molar-refractivity contribution is -0.133. The molecule has 1 saturated heterocycles. The molecule has 0 bridgehead atoms. The smallest absolute Gasteiger partial charge is 0.225 e. The van der Waals surface area contributed by atoms with E-state index in [-0.39, 0.29) is 42.9 Å². The molecule has 2 atom stereocenters. The number of nitrogens with zero attached hydrogens (tertiary/aromatic N) is 2. The third kappa shape index (κ3) is 9.08. The fraction of sp³-hybridized carbons (Fsp3) is 0.933. The molecule has 0 aromatic rings. The number of carbonyl (C=O) groups excluding carboxylic acids is 1. The Labute approximate surface area is 152 Å². The zero-order chi connectivity index (χ0) is 15.7. The van der Waals surface area contributed by atoms with Crippen molar-refractivity contribution in [2.75, 3.05) is 53.0 Å². The molecule has 0 aromatic heterocycles. The van der Waals surface area contributed by atoms with E-state index in [2.05, 4.69) is 18.7 Å². The Morgan fingerprint density at radius 1 is 1.35 bits per heavy atom. The van der Waals surface area contributed by atoms with E-state index in [9.17, 15) is 4.79 Å². The van der Waals surface area contributed by atoms with E-state index in [1.807, 2.05) is 4.90 Å². The summed E-state index contributed by atoms with van der Waals surface area (Å²) in [5, 5.41) is 0. The van der Waals surface area contributed by atoms with Gasteiger partial charge in [0.25, 0.3) is 0 Å². The van der Waals surface area contributed by atoms with E-state index in [1.54, 1.807) is 7.11 Å². The minimum atomic E-state index is -0.180. The van der Waals surface area contributed by atoms with E-state index in [0.717, 1.165) is 39.2 Å². The molecule has 0 saturated carbocycles. The number of amides is 1. The maximum absolute atomic E-state index is 12.1. The Morgan fingerprint density at radius 2 is 2.00 bits per heavy atom. The molecule has 1 aliphatic heterocycles. The second-order valence-electron chi connectivity index (χ2n) is 5.45. The summed E-state index contributed by atoms with van der Waals surface area (Å²) in [4.78, 5) is 16.3. The summed E-state index contributed by atoms with van der Waals surface area (Å²) < 4.78 is 11.0. The van der Waals surface area contributed by atoms with Gasteiger partial charge in [0.15, 0.2) is 0 Å². The Morgan fingerprint density at radius 3 is 2.52 bits per heavy atom. The fourth-order valence-corrected chi connectivity index (χ4v) is 2.57. The number of likely N-dealkylation sites (tertiary alicyclic amines) is 1. The average Bonchev–Trinajstić information content (AvgIpc) is 2.98. The van der Waals surface area contributed by atoms with Crippen LogP contribution in [0.3, 0.4) is 0 Å². The predicted molar refractivity (Wildman–Crippen MR) is 97.7 cm³/mol. The number of ether oxygens (including phenoxy) is 2. The predicted octanol–water partition coefficient (Wildman–Crippen LogP) is 1.15. The van der Waals surface area contributed by atoms with Gasteiger partial charge in [-0.2, -0.15) is 0 Å². The molecule has 1 aliphatic rings. The Bertz CT molecular complexity index is 304. The van der Waals surface area contributed by atoms with Gasteiger partial charge < -0.3 is 25.0 Å². The van der Waals surface area contributed by atoms with Crippen LogP contribution in [-0.4, -0.2) is 80.9 Å². The van der Waals surface area contributed by atoms with Crippen molar-refractivity contribution in [1.82, 2.24) is 9.80 Å². The van der Waals surface area contributed by atoms with Crippen LogP contribution in [0.2, 0.25) is 0 Å². The van der Waals surface area contributed by atoms with Crippen molar-refractivity contribution in [2.24, 2.45) is 5.73 Å². The molecule has 0 aromatic carbocycles. The Hall–Kier alpha value is -0.110. The van der Waals surface area contributed by atoms with Crippen LogP contribution in [0.15, 0.2) is 0 Å². The molecule has 2 unspecified atom stereocenters. The molecule has 1 amide bonds. The summed E-state index contributed by atoms with van der Waals surface area (Å²) in [5.74, 6) is 0.113. The molecule has 140 valence electrons. The standard InChI is InChI=1S/C15H31N3O3.2ClH/c1-4-17(5-2)8-9-21-13-6-7-18(12-13)15(19)10-14(11-16)20-3;;/h13-14H,4-12,16H2,1-3H3;2*1H. The van der Waals surface area contributed by atoms with Crippen molar-refractivity contribution in [3.8, 4) is 0 Å². The van der Waals surface area contributed by atoms with E-state index in [4.69, 9.17) is 15.2 Å². The number of halogens is 2. The van der Waals surface area contributed by atoms with Crippen molar-refractivity contribution in [3.63, 3.8) is 0 Å². The number of rotatable bonds is 10. The van der Waals surface area contributed by atoms with Crippen molar-refractivity contribution in [2.45, 2.75) is 38.9 Å². The first-order valence-electron chi connectivity index (χ1n) is 7.99. The minimum absolute atomic E-state index is 0. The molecular weight excluding hydrogens is 341 g/mol. The van der Waals surface area contributed by atoms with Crippen molar-refractivity contribution in [3.05, 3.63) is 0 Å². The highest BCUT2D eigenvalue weighted by molar-refractivity contribution is 5.85. The summed E-state index contributed by atoms with van der Waals surface area (Å²) in [6, 6.07) is 0. The fourth-order valence-electron chi connectivity index (χ4n) is 2.57. The number of methoxy groups -OCH3 is 1. The Kier molecular flexibility index (Phi) is 15.6. The first-order chi connectivity index (χ1) is 10.1. The largest absolute Gasteiger partial charge is 0.380 e. The number of nitrogens with two attached hydrogens (primary N) is 1. The van der Waals surface area contributed by atoms with Crippen LogP contribution in [-0.2, 0) is 14.3 Å². The first kappa shape index (κ1) is 25.1. The van der Waals surface area contributed by atoms with Crippen LogP contribution in [0, 0.1) is 0 Å². The van der Waals surface area contributed by atoms with Gasteiger partial charge in [0.05, 0.1) is 25.2 Å². The van der Waals surface area contributed by atoms with Gasteiger partial charge in [-0.25, -0.2) is 0 Å².